The fraction of sp³-hybridized carbons (Fsp3) is 0.143. The Labute approximate surface area is 98.0 Å². The third kappa shape index (κ3) is 2.97. The Hall–Kier alpha value is -1.00. The van der Waals surface area contributed by atoms with E-state index in [0.29, 0.717) is 0 Å². The summed E-state index contributed by atoms with van der Waals surface area (Å²) in [6.45, 7) is 4.27. The fourth-order valence-corrected chi connectivity index (χ4v) is 3.54. The van der Waals surface area contributed by atoms with E-state index in [0.717, 1.165) is 0 Å². The molecule has 0 saturated heterocycles. The van der Waals surface area contributed by atoms with Gasteiger partial charge in [-0.25, -0.2) is 0 Å². The van der Waals surface area contributed by atoms with Gasteiger partial charge < -0.3 is 0 Å². The summed E-state index contributed by atoms with van der Waals surface area (Å²) in [5.74, 6) is 0. The predicted octanol–water partition coefficient (Wildman–Crippen LogP) is 1.69. The monoisotopic (exact) mass is 258 g/mol. The summed E-state index contributed by atoms with van der Waals surface area (Å²) in [7, 11) is 0. The summed E-state index contributed by atoms with van der Waals surface area (Å²) < 4.78 is 3.01. The third-order valence-corrected chi connectivity index (χ3v) is 5.00. The second-order valence-corrected chi connectivity index (χ2v) is 6.80. The van der Waals surface area contributed by atoms with Crippen molar-refractivity contribution in [3.05, 3.63) is 59.7 Å². The zero-order chi connectivity index (χ0) is 10.7. The van der Waals surface area contributed by atoms with Gasteiger partial charge in [0.25, 0.3) is 0 Å². The van der Waals surface area contributed by atoms with Crippen LogP contribution in [0.4, 0.5) is 0 Å². The molecule has 76 valence electrons. The molecule has 0 radical (unpaired) electrons. The van der Waals surface area contributed by atoms with Gasteiger partial charge in [-0.1, -0.05) is 0 Å². The molecule has 0 aliphatic rings. The van der Waals surface area contributed by atoms with Crippen LogP contribution in [0.25, 0.3) is 0 Å². The first kappa shape index (κ1) is 10.5. The molecule has 0 amide bonds. The van der Waals surface area contributed by atoms with Crippen LogP contribution < -0.4 is 8.70 Å². The van der Waals surface area contributed by atoms with Crippen molar-refractivity contribution in [3.8, 4) is 0 Å². The van der Waals surface area contributed by atoms with Gasteiger partial charge in [-0.05, 0) is 0 Å². The molecule has 0 heterocycles. The van der Waals surface area contributed by atoms with Crippen molar-refractivity contribution in [1.29, 1.82) is 0 Å². The maximum absolute atomic E-state index is 2.26. The van der Waals surface area contributed by atoms with Crippen LogP contribution in [0.5, 0.6) is 0 Å². The first-order chi connectivity index (χ1) is 7.24. The Morgan fingerprint density at radius 3 is 1.27 bits per heavy atom. The molecule has 0 aromatic heterocycles. The van der Waals surface area contributed by atoms with Crippen molar-refractivity contribution in [2.24, 2.45) is 0 Å². The molecule has 0 unspecified atom stereocenters. The molecule has 0 atom stereocenters. The Kier molecular flexibility index (Phi) is 3.28. The summed E-state index contributed by atoms with van der Waals surface area (Å²) in [6, 6.07) is 17.8. The van der Waals surface area contributed by atoms with Crippen molar-refractivity contribution in [2.75, 3.05) is 0 Å². The van der Waals surface area contributed by atoms with Crippen LogP contribution in [0.3, 0.4) is 0 Å². The zero-order valence-electron chi connectivity index (χ0n) is 9.12. The van der Waals surface area contributed by atoms with Gasteiger partial charge in [0.1, 0.15) is 0 Å². The number of hydrogen-bond donors (Lipinski definition) is 0. The van der Waals surface area contributed by atoms with Crippen LogP contribution in [-0.2, 0) is 0 Å². The number of aryl methyl sites for hydroxylation is 2. The van der Waals surface area contributed by atoms with E-state index >= 15 is 0 Å². The summed E-state index contributed by atoms with van der Waals surface area (Å²) in [5.41, 5.74) is 2.68. The first-order valence-corrected chi connectivity index (χ1v) is 7.24. The van der Waals surface area contributed by atoms with Gasteiger partial charge in [0.15, 0.2) is 0 Å². The van der Waals surface area contributed by atoms with E-state index in [9.17, 15) is 0 Å². The topological polar surface area (TPSA) is 0 Å². The Bertz CT molecular complexity index is 382. The number of rotatable bonds is 2. The van der Waals surface area contributed by atoms with Crippen molar-refractivity contribution < 1.29 is 0 Å². The normalized spacial score (nSPS) is 10.3. The second kappa shape index (κ2) is 4.68. The standard InChI is InChI=1S/C14H15As/c1-11-3-7-13(8-4-11)15-14-9-5-12(2)6-10-14/h3-10,15H,1-2H3. The maximum atomic E-state index is 2.26. The quantitative estimate of drug-likeness (QED) is 0.719. The minimum absolute atomic E-state index is 0.137. The van der Waals surface area contributed by atoms with Gasteiger partial charge >= 0.3 is 98.0 Å². The van der Waals surface area contributed by atoms with E-state index in [1.54, 1.807) is 0 Å². The van der Waals surface area contributed by atoms with Gasteiger partial charge in [-0.3, -0.25) is 0 Å². The minimum atomic E-state index is -0.137. The summed E-state index contributed by atoms with van der Waals surface area (Å²) in [5, 5.41) is 0. The fourth-order valence-electron chi connectivity index (χ4n) is 1.44. The molecule has 0 aliphatic heterocycles. The predicted molar refractivity (Wildman–Crippen MR) is 68.8 cm³/mol. The van der Waals surface area contributed by atoms with Crippen molar-refractivity contribution in [1.82, 2.24) is 0 Å². The number of benzene rings is 2. The average molecular weight is 258 g/mol. The zero-order valence-corrected chi connectivity index (χ0v) is 11.2. The van der Waals surface area contributed by atoms with Crippen LogP contribution in [-0.4, -0.2) is 15.8 Å². The Morgan fingerprint density at radius 2 is 0.933 bits per heavy atom. The van der Waals surface area contributed by atoms with Crippen molar-refractivity contribution in [3.63, 3.8) is 0 Å². The van der Waals surface area contributed by atoms with E-state index in [1.807, 2.05) is 0 Å². The van der Waals surface area contributed by atoms with Crippen LogP contribution in [0.2, 0.25) is 0 Å². The molecule has 0 nitrogen and oxygen atoms in total. The summed E-state index contributed by atoms with van der Waals surface area (Å²) in [4.78, 5) is 0. The molecular weight excluding hydrogens is 243 g/mol. The Morgan fingerprint density at radius 1 is 0.600 bits per heavy atom. The van der Waals surface area contributed by atoms with Gasteiger partial charge in [0, 0.05) is 0 Å². The molecular formula is C14H15As. The van der Waals surface area contributed by atoms with E-state index in [-0.39, 0.29) is 15.8 Å². The van der Waals surface area contributed by atoms with Gasteiger partial charge in [0.2, 0.25) is 0 Å². The summed E-state index contributed by atoms with van der Waals surface area (Å²) in [6.07, 6.45) is 0. The molecule has 0 spiro atoms. The van der Waals surface area contributed by atoms with Crippen molar-refractivity contribution in [2.45, 2.75) is 13.8 Å². The van der Waals surface area contributed by atoms with E-state index in [4.69, 9.17) is 0 Å². The molecule has 0 aliphatic carbocycles. The first-order valence-electron chi connectivity index (χ1n) is 5.14. The van der Waals surface area contributed by atoms with Gasteiger partial charge in [0.05, 0.1) is 0 Å². The molecule has 2 aromatic carbocycles. The third-order valence-electron chi connectivity index (χ3n) is 2.39. The Balaban J connectivity index is 2.15. The van der Waals surface area contributed by atoms with Crippen molar-refractivity contribution >= 4 is 24.5 Å². The van der Waals surface area contributed by atoms with E-state index < -0.39 is 0 Å². The van der Waals surface area contributed by atoms with E-state index in [1.165, 1.54) is 19.8 Å². The van der Waals surface area contributed by atoms with Crippen LogP contribution in [0.15, 0.2) is 48.5 Å². The molecule has 15 heavy (non-hydrogen) atoms. The SMILES string of the molecule is Cc1ccc([AsH]c2ccc(C)cc2)cc1. The summed E-state index contributed by atoms with van der Waals surface area (Å²) >= 11 is -0.137. The molecule has 0 fully saturated rings. The molecule has 2 aromatic rings. The van der Waals surface area contributed by atoms with Crippen LogP contribution in [0, 0.1) is 13.8 Å². The van der Waals surface area contributed by atoms with Gasteiger partial charge in [-0.2, -0.15) is 0 Å². The molecule has 0 bridgehead atoms. The molecule has 0 saturated carbocycles. The van der Waals surface area contributed by atoms with Gasteiger partial charge in [-0.15, -0.1) is 0 Å². The van der Waals surface area contributed by atoms with E-state index in [2.05, 4.69) is 62.4 Å². The number of hydrogen-bond acceptors (Lipinski definition) is 0. The molecule has 0 N–H and O–H groups in total. The average Bonchev–Trinajstić information content (AvgIpc) is 2.25. The second-order valence-electron chi connectivity index (χ2n) is 3.86. The molecule has 1 heteroatoms. The molecule has 2 rings (SSSR count). The van der Waals surface area contributed by atoms with Crippen LogP contribution >= 0.6 is 0 Å². The van der Waals surface area contributed by atoms with Crippen LogP contribution in [0.1, 0.15) is 11.1 Å².